The molecule has 0 heterocycles. The van der Waals surface area contributed by atoms with E-state index in [9.17, 15) is 14.5 Å². The van der Waals surface area contributed by atoms with Crippen LogP contribution in [0.15, 0.2) is 48.3 Å². The molecule has 1 atom stereocenters. The molecule has 0 amide bonds. The van der Waals surface area contributed by atoms with Gasteiger partial charge in [0.25, 0.3) is 0 Å². The van der Waals surface area contributed by atoms with Gasteiger partial charge in [0.1, 0.15) is 0 Å². The normalized spacial score (nSPS) is 23.2. The highest BCUT2D eigenvalue weighted by Crippen LogP contribution is 2.37. The van der Waals surface area contributed by atoms with Crippen molar-refractivity contribution in [3.8, 4) is 0 Å². The van der Waals surface area contributed by atoms with Crippen LogP contribution in [-0.2, 0) is 4.74 Å². The number of nitro groups is 1. The molecular weight excluding hydrogens is 237 g/mol. The van der Waals surface area contributed by atoms with Crippen molar-refractivity contribution in [1.82, 2.24) is 0 Å². The minimum Gasteiger partial charge on any atom is -0.312 e. The molecule has 0 radical (unpaired) electrons. The lowest BCUT2D eigenvalue weighted by Crippen LogP contribution is -2.42. The molecule has 0 saturated heterocycles. The largest absolute Gasteiger partial charge is 0.381 e. The highest BCUT2D eigenvalue weighted by atomic mass is 19.1. The molecule has 2 rings (SSSR count). The van der Waals surface area contributed by atoms with Gasteiger partial charge < -0.3 is 4.74 Å². The Labute approximate surface area is 104 Å². The van der Waals surface area contributed by atoms with Crippen molar-refractivity contribution in [3.63, 3.8) is 0 Å². The van der Waals surface area contributed by atoms with Crippen LogP contribution in [-0.4, -0.2) is 17.8 Å². The fourth-order valence-electron chi connectivity index (χ4n) is 1.95. The number of methoxy groups -OCH3 is 1. The first kappa shape index (κ1) is 12.4. The van der Waals surface area contributed by atoms with Crippen LogP contribution >= 0.6 is 0 Å². The van der Waals surface area contributed by atoms with Crippen molar-refractivity contribution in [2.45, 2.75) is 12.1 Å². The maximum atomic E-state index is 13.7. The van der Waals surface area contributed by atoms with Gasteiger partial charge in [0.2, 0.25) is 5.83 Å². The highest BCUT2D eigenvalue weighted by molar-refractivity contribution is 5.69. The van der Waals surface area contributed by atoms with Gasteiger partial charge in [-0.25, -0.2) is 4.39 Å². The lowest BCUT2D eigenvalue weighted by molar-refractivity contribution is -0.616. The van der Waals surface area contributed by atoms with Crippen LogP contribution in [0, 0.1) is 10.1 Å². The topological polar surface area (TPSA) is 52.4 Å². The van der Waals surface area contributed by atoms with Crippen molar-refractivity contribution in [1.29, 1.82) is 0 Å². The van der Waals surface area contributed by atoms with Gasteiger partial charge in [0.05, 0.1) is 11.3 Å². The van der Waals surface area contributed by atoms with Crippen molar-refractivity contribution in [2.75, 3.05) is 7.11 Å². The van der Waals surface area contributed by atoms with Gasteiger partial charge in [-0.2, -0.15) is 0 Å². The maximum Gasteiger partial charge on any atom is 0.381 e. The van der Waals surface area contributed by atoms with Crippen LogP contribution < -0.4 is 0 Å². The summed E-state index contributed by atoms with van der Waals surface area (Å²) in [4.78, 5) is 10.3. The monoisotopic (exact) mass is 249 g/mol. The Hall–Kier alpha value is -2.01. The maximum absolute atomic E-state index is 13.7. The lowest BCUT2D eigenvalue weighted by atomic mass is 9.91. The third-order valence-electron chi connectivity index (χ3n) is 3.01. The van der Waals surface area contributed by atoms with E-state index in [1.807, 2.05) is 30.3 Å². The predicted octanol–water partition coefficient (Wildman–Crippen LogP) is 2.95. The molecule has 0 spiro atoms. The minimum absolute atomic E-state index is 0.122. The second-order valence-electron chi connectivity index (χ2n) is 3.99. The molecule has 0 N–H and O–H groups in total. The van der Waals surface area contributed by atoms with E-state index in [1.54, 1.807) is 6.08 Å². The molecule has 1 aromatic carbocycles. The van der Waals surface area contributed by atoms with Crippen molar-refractivity contribution < 1.29 is 14.1 Å². The summed E-state index contributed by atoms with van der Waals surface area (Å²) in [6.45, 7) is 0. The van der Waals surface area contributed by atoms with Gasteiger partial charge in [-0.3, -0.25) is 10.1 Å². The van der Waals surface area contributed by atoms with E-state index in [1.165, 1.54) is 0 Å². The fourth-order valence-corrected chi connectivity index (χ4v) is 1.95. The first-order valence-corrected chi connectivity index (χ1v) is 5.42. The van der Waals surface area contributed by atoms with Gasteiger partial charge in [0.15, 0.2) is 0 Å². The number of nitrogens with zero attached hydrogens (tertiary/aromatic N) is 1. The molecule has 0 fully saturated rings. The van der Waals surface area contributed by atoms with E-state index in [0.717, 1.165) is 18.7 Å². The molecule has 0 bridgehead atoms. The van der Waals surface area contributed by atoms with E-state index >= 15 is 0 Å². The second-order valence-corrected chi connectivity index (χ2v) is 3.99. The van der Waals surface area contributed by atoms with E-state index in [0.29, 0.717) is 5.57 Å². The summed E-state index contributed by atoms with van der Waals surface area (Å²) < 4.78 is 18.5. The van der Waals surface area contributed by atoms with Crippen molar-refractivity contribution in [3.05, 3.63) is 64.0 Å². The molecule has 1 aliphatic carbocycles. The van der Waals surface area contributed by atoms with Crippen molar-refractivity contribution >= 4 is 5.57 Å². The zero-order chi connectivity index (χ0) is 13.2. The van der Waals surface area contributed by atoms with E-state index in [2.05, 4.69) is 0 Å². The highest BCUT2D eigenvalue weighted by Gasteiger charge is 2.50. The molecule has 1 unspecified atom stereocenters. The number of hydrogen-bond acceptors (Lipinski definition) is 3. The van der Waals surface area contributed by atoms with E-state index < -0.39 is 16.5 Å². The summed E-state index contributed by atoms with van der Waals surface area (Å²) in [5.74, 6) is -0.880. The molecule has 0 aromatic heterocycles. The first-order valence-electron chi connectivity index (χ1n) is 5.42. The van der Waals surface area contributed by atoms with Crippen LogP contribution in [0.25, 0.3) is 5.57 Å². The molecule has 0 saturated carbocycles. The molecule has 1 aromatic rings. The number of hydrogen-bond donors (Lipinski definition) is 0. The molecule has 4 nitrogen and oxygen atoms in total. The molecule has 94 valence electrons. The number of rotatable bonds is 3. The molecule has 1 aliphatic rings. The Morgan fingerprint density at radius 2 is 2.00 bits per heavy atom. The van der Waals surface area contributed by atoms with Crippen LogP contribution in [0.2, 0.25) is 0 Å². The molecule has 18 heavy (non-hydrogen) atoms. The van der Waals surface area contributed by atoms with E-state index in [-0.39, 0.29) is 6.42 Å². The number of halogens is 1. The molecular formula is C13H12FNO3. The molecule has 0 aliphatic heterocycles. The summed E-state index contributed by atoms with van der Waals surface area (Å²) in [7, 11) is 1.14. The third kappa shape index (κ3) is 1.93. The Kier molecular flexibility index (Phi) is 3.25. The third-order valence-corrected chi connectivity index (χ3v) is 3.01. The number of allylic oxidation sites excluding steroid dienone is 2. The number of ether oxygens (including phenoxy) is 1. The molecule has 5 heteroatoms. The average molecular weight is 249 g/mol. The zero-order valence-electron chi connectivity index (χ0n) is 9.80. The minimum atomic E-state index is -2.10. The quantitative estimate of drug-likeness (QED) is 0.470. The summed E-state index contributed by atoms with van der Waals surface area (Å²) >= 11 is 0. The summed E-state index contributed by atoms with van der Waals surface area (Å²) in [5.41, 5.74) is -0.597. The number of benzene rings is 1. The standard InChI is InChI=1S/C13H12FNO3/c1-18-13(15(16)17)9-11(7-8-12(13)14)10-5-3-2-4-6-10/h2-8H,9H2,1H3. The Balaban J connectivity index is 2.42. The van der Waals surface area contributed by atoms with Crippen LogP contribution in [0.3, 0.4) is 0 Å². The summed E-state index contributed by atoms with van der Waals surface area (Å²) in [6.07, 6.45) is 2.52. The van der Waals surface area contributed by atoms with Crippen LogP contribution in [0.1, 0.15) is 12.0 Å². The zero-order valence-corrected chi connectivity index (χ0v) is 9.80. The summed E-state index contributed by atoms with van der Waals surface area (Å²) in [6, 6.07) is 9.14. The van der Waals surface area contributed by atoms with Gasteiger partial charge in [-0.15, -0.1) is 0 Å². The second kappa shape index (κ2) is 4.70. The smallest absolute Gasteiger partial charge is 0.312 e. The average Bonchev–Trinajstić information content (AvgIpc) is 2.40. The first-order chi connectivity index (χ1) is 8.60. The van der Waals surface area contributed by atoms with E-state index in [4.69, 9.17) is 4.74 Å². The Morgan fingerprint density at radius 3 is 2.56 bits per heavy atom. The summed E-state index contributed by atoms with van der Waals surface area (Å²) in [5, 5.41) is 11.1. The van der Waals surface area contributed by atoms with Gasteiger partial charge in [-0.1, -0.05) is 36.4 Å². The van der Waals surface area contributed by atoms with Gasteiger partial charge in [-0.05, 0) is 17.2 Å². The fraction of sp³-hybridized carbons (Fsp3) is 0.231. The van der Waals surface area contributed by atoms with Crippen LogP contribution in [0.5, 0.6) is 0 Å². The lowest BCUT2D eigenvalue weighted by Gasteiger charge is -2.25. The SMILES string of the molecule is COC1([N+](=O)[O-])CC(c2ccccc2)=CC=C1F. The Morgan fingerprint density at radius 1 is 1.33 bits per heavy atom. The van der Waals surface area contributed by atoms with Gasteiger partial charge >= 0.3 is 5.72 Å². The van der Waals surface area contributed by atoms with Gasteiger partial charge in [0, 0.05) is 7.11 Å². The predicted molar refractivity (Wildman–Crippen MR) is 65.0 cm³/mol. The van der Waals surface area contributed by atoms with Crippen molar-refractivity contribution in [2.24, 2.45) is 0 Å². The van der Waals surface area contributed by atoms with Crippen LogP contribution in [0.4, 0.5) is 4.39 Å². The Bertz CT molecular complexity index is 524.